The summed E-state index contributed by atoms with van der Waals surface area (Å²) in [6.45, 7) is 1.84. The summed E-state index contributed by atoms with van der Waals surface area (Å²) in [4.78, 5) is 26.1. The van der Waals surface area contributed by atoms with Crippen LogP contribution >= 0.6 is 27.3 Å². The Labute approximate surface area is 203 Å². The summed E-state index contributed by atoms with van der Waals surface area (Å²) in [6, 6.07) is 9.45. The second-order valence-corrected chi connectivity index (χ2v) is 9.16. The van der Waals surface area contributed by atoms with E-state index in [1.165, 1.54) is 30.6 Å². The van der Waals surface area contributed by atoms with Crippen molar-refractivity contribution in [2.24, 2.45) is 0 Å². The molecule has 0 spiro atoms. The van der Waals surface area contributed by atoms with Crippen LogP contribution in [-0.4, -0.2) is 33.2 Å². The van der Waals surface area contributed by atoms with E-state index in [1.807, 2.05) is 13.0 Å². The monoisotopic (exact) mass is 535 g/mol. The number of thiophene rings is 1. The predicted molar refractivity (Wildman–Crippen MR) is 130 cm³/mol. The molecule has 0 atom stereocenters. The first-order valence-corrected chi connectivity index (χ1v) is 11.6. The quantitative estimate of drug-likeness (QED) is 0.358. The summed E-state index contributed by atoms with van der Waals surface area (Å²) >= 11 is 4.77. The highest BCUT2D eigenvalue weighted by molar-refractivity contribution is 9.10. The second-order valence-electron chi connectivity index (χ2n) is 7.08. The van der Waals surface area contributed by atoms with Gasteiger partial charge in [-0.1, -0.05) is 28.1 Å². The van der Waals surface area contributed by atoms with Crippen molar-refractivity contribution >= 4 is 44.1 Å². The smallest absolute Gasteiger partial charge is 0.341 e. The molecule has 1 N–H and O–H groups in total. The molecular formula is C24H23BrFNO5S. The van der Waals surface area contributed by atoms with E-state index in [0.29, 0.717) is 34.0 Å². The van der Waals surface area contributed by atoms with Gasteiger partial charge >= 0.3 is 5.97 Å². The van der Waals surface area contributed by atoms with E-state index in [4.69, 9.17) is 14.2 Å². The van der Waals surface area contributed by atoms with E-state index in [-0.39, 0.29) is 23.7 Å². The molecule has 0 aliphatic rings. The zero-order valence-electron chi connectivity index (χ0n) is 18.6. The van der Waals surface area contributed by atoms with Crippen molar-refractivity contribution in [1.29, 1.82) is 0 Å². The predicted octanol–water partition coefficient (Wildman–Crippen LogP) is 6.00. The SMILES string of the molecule is COC(=O)c1c(NC(=O)CCc2cc(OC)c(OC)cc2Br)sc(C)c1-c1ccc(F)cc1. The maximum Gasteiger partial charge on any atom is 0.341 e. The van der Waals surface area contributed by atoms with Crippen LogP contribution in [0.25, 0.3) is 11.1 Å². The van der Waals surface area contributed by atoms with Crippen molar-refractivity contribution in [1.82, 2.24) is 0 Å². The Bertz CT molecular complexity index is 1180. The van der Waals surface area contributed by atoms with Crippen LogP contribution in [0, 0.1) is 12.7 Å². The highest BCUT2D eigenvalue weighted by Crippen LogP contribution is 2.40. The van der Waals surface area contributed by atoms with E-state index in [1.54, 1.807) is 32.4 Å². The number of ether oxygens (including phenoxy) is 3. The van der Waals surface area contributed by atoms with Gasteiger partial charge in [0, 0.05) is 21.3 Å². The molecule has 0 saturated carbocycles. The molecule has 0 saturated heterocycles. The first kappa shape index (κ1) is 24.7. The van der Waals surface area contributed by atoms with Gasteiger partial charge in [0.05, 0.1) is 21.3 Å². The van der Waals surface area contributed by atoms with Crippen molar-refractivity contribution in [3.8, 4) is 22.6 Å². The molecule has 9 heteroatoms. The average molecular weight is 536 g/mol. The topological polar surface area (TPSA) is 73.9 Å². The van der Waals surface area contributed by atoms with E-state index in [9.17, 15) is 14.0 Å². The number of hydrogen-bond acceptors (Lipinski definition) is 6. The Morgan fingerprint density at radius 3 is 2.30 bits per heavy atom. The molecule has 0 radical (unpaired) electrons. The van der Waals surface area contributed by atoms with E-state index in [0.717, 1.165) is 14.9 Å². The van der Waals surface area contributed by atoms with Crippen molar-refractivity contribution in [2.45, 2.75) is 19.8 Å². The van der Waals surface area contributed by atoms with Crippen molar-refractivity contribution in [3.63, 3.8) is 0 Å². The van der Waals surface area contributed by atoms with Crippen molar-refractivity contribution in [3.05, 3.63) is 62.7 Å². The van der Waals surface area contributed by atoms with Crippen LogP contribution in [0.4, 0.5) is 9.39 Å². The number of nitrogens with one attached hydrogen (secondary N) is 1. The fraction of sp³-hybridized carbons (Fsp3) is 0.250. The van der Waals surface area contributed by atoms with Crippen molar-refractivity contribution < 1.29 is 28.2 Å². The Morgan fingerprint density at radius 2 is 1.70 bits per heavy atom. The molecule has 2 aromatic carbocycles. The lowest BCUT2D eigenvalue weighted by atomic mass is 10.0. The molecule has 3 rings (SSSR count). The molecule has 1 heterocycles. The minimum atomic E-state index is -0.573. The summed E-state index contributed by atoms with van der Waals surface area (Å²) in [5.41, 5.74) is 2.42. The molecule has 0 fully saturated rings. The van der Waals surface area contributed by atoms with Crippen LogP contribution in [0.2, 0.25) is 0 Å². The number of anilines is 1. The number of carbonyl (C=O) groups is 2. The van der Waals surface area contributed by atoms with Gasteiger partial charge < -0.3 is 19.5 Å². The number of halogens is 2. The Kier molecular flexibility index (Phi) is 8.10. The number of aryl methyl sites for hydroxylation is 2. The van der Waals surface area contributed by atoms with Gasteiger partial charge in [0.25, 0.3) is 0 Å². The standard InChI is InChI=1S/C24H23BrFNO5S/c1-13-21(14-5-8-16(26)9-6-14)22(24(29)32-4)23(33-13)27-20(28)10-7-15-11-18(30-2)19(31-3)12-17(15)25/h5-6,8-9,11-12H,7,10H2,1-4H3,(H,27,28). The summed E-state index contributed by atoms with van der Waals surface area (Å²) in [7, 11) is 4.39. The van der Waals surface area contributed by atoms with Crippen LogP contribution in [0.1, 0.15) is 27.2 Å². The van der Waals surface area contributed by atoms with Crippen LogP contribution in [0.3, 0.4) is 0 Å². The largest absolute Gasteiger partial charge is 0.493 e. The van der Waals surface area contributed by atoms with E-state index >= 15 is 0 Å². The highest BCUT2D eigenvalue weighted by Gasteiger charge is 2.25. The maximum absolute atomic E-state index is 13.4. The molecule has 0 aliphatic carbocycles. The van der Waals surface area contributed by atoms with Crippen LogP contribution in [0.15, 0.2) is 40.9 Å². The van der Waals surface area contributed by atoms with Gasteiger partial charge in [-0.2, -0.15) is 0 Å². The number of benzene rings is 2. The van der Waals surface area contributed by atoms with Gasteiger partial charge in [-0.25, -0.2) is 9.18 Å². The minimum absolute atomic E-state index is 0.178. The third-order valence-corrected chi connectivity index (χ3v) is 6.79. The Balaban J connectivity index is 1.83. The average Bonchev–Trinajstić information content (AvgIpc) is 3.13. The summed E-state index contributed by atoms with van der Waals surface area (Å²) in [5, 5.41) is 3.24. The fourth-order valence-electron chi connectivity index (χ4n) is 3.42. The zero-order chi connectivity index (χ0) is 24.1. The molecule has 33 heavy (non-hydrogen) atoms. The number of hydrogen-bond donors (Lipinski definition) is 1. The first-order chi connectivity index (χ1) is 15.8. The first-order valence-electron chi connectivity index (χ1n) is 9.96. The number of carbonyl (C=O) groups excluding carboxylic acids is 2. The third-order valence-electron chi connectivity index (χ3n) is 5.03. The minimum Gasteiger partial charge on any atom is -0.493 e. The molecule has 0 unspecified atom stereocenters. The van der Waals surface area contributed by atoms with E-state index in [2.05, 4.69) is 21.2 Å². The van der Waals surface area contributed by atoms with Crippen LogP contribution in [-0.2, 0) is 16.0 Å². The number of amides is 1. The van der Waals surface area contributed by atoms with Gasteiger partial charge in [0.1, 0.15) is 16.4 Å². The van der Waals surface area contributed by atoms with Crippen LogP contribution in [0.5, 0.6) is 11.5 Å². The second kappa shape index (κ2) is 10.8. The van der Waals surface area contributed by atoms with Crippen molar-refractivity contribution in [2.75, 3.05) is 26.6 Å². The number of esters is 1. The highest BCUT2D eigenvalue weighted by atomic mass is 79.9. The zero-order valence-corrected chi connectivity index (χ0v) is 21.0. The fourth-order valence-corrected chi connectivity index (χ4v) is 5.02. The lowest BCUT2D eigenvalue weighted by molar-refractivity contribution is -0.116. The summed E-state index contributed by atoms with van der Waals surface area (Å²) in [6.07, 6.45) is 0.618. The summed E-state index contributed by atoms with van der Waals surface area (Å²) < 4.78 is 29.8. The number of methoxy groups -OCH3 is 3. The van der Waals surface area contributed by atoms with E-state index < -0.39 is 5.97 Å². The van der Waals surface area contributed by atoms with Gasteiger partial charge in [-0.3, -0.25) is 4.79 Å². The van der Waals surface area contributed by atoms with Gasteiger partial charge in [0.15, 0.2) is 11.5 Å². The maximum atomic E-state index is 13.4. The van der Waals surface area contributed by atoms with Gasteiger partial charge in [-0.15, -0.1) is 11.3 Å². The normalized spacial score (nSPS) is 10.6. The van der Waals surface area contributed by atoms with Gasteiger partial charge in [-0.05, 0) is 48.7 Å². The molecule has 1 amide bonds. The lowest BCUT2D eigenvalue weighted by Crippen LogP contribution is -2.14. The Morgan fingerprint density at radius 1 is 1.06 bits per heavy atom. The molecule has 6 nitrogen and oxygen atoms in total. The lowest BCUT2D eigenvalue weighted by Gasteiger charge is -2.12. The Hall–Kier alpha value is -2.91. The molecule has 174 valence electrons. The molecular weight excluding hydrogens is 513 g/mol. The molecule has 0 bridgehead atoms. The third kappa shape index (κ3) is 5.54. The van der Waals surface area contributed by atoms with Gasteiger partial charge in [0.2, 0.25) is 5.91 Å². The molecule has 3 aromatic rings. The molecule has 1 aromatic heterocycles. The van der Waals surface area contributed by atoms with Crippen LogP contribution < -0.4 is 14.8 Å². The number of rotatable bonds is 8. The molecule has 0 aliphatic heterocycles. The summed E-state index contributed by atoms with van der Waals surface area (Å²) in [5.74, 6) is -0.0453.